The molecule has 1 aromatic rings. The van der Waals surface area contributed by atoms with E-state index in [4.69, 9.17) is 15.2 Å². The Hall–Kier alpha value is -1.18. The molecule has 3 N–H and O–H groups in total. The molecule has 1 heterocycles. The van der Waals surface area contributed by atoms with Gasteiger partial charge in [-0.3, -0.25) is 4.99 Å². The lowest BCUT2D eigenvalue weighted by atomic mass is 9.73. The number of fused-ring (bicyclic) bond motifs is 1. The number of ether oxygens (including phenoxy) is 2. The lowest BCUT2D eigenvalue weighted by Crippen LogP contribution is -2.26. The maximum absolute atomic E-state index is 6.05. The van der Waals surface area contributed by atoms with Gasteiger partial charge in [0.25, 0.3) is 0 Å². The summed E-state index contributed by atoms with van der Waals surface area (Å²) in [5.41, 5.74) is 7.42. The van der Waals surface area contributed by atoms with Crippen molar-refractivity contribution >= 4 is 35.6 Å². The fourth-order valence-electron chi connectivity index (χ4n) is 3.30. The van der Waals surface area contributed by atoms with Crippen molar-refractivity contribution in [3.8, 4) is 11.5 Å². The highest BCUT2D eigenvalue weighted by Crippen LogP contribution is 2.38. The minimum absolute atomic E-state index is 0. The van der Waals surface area contributed by atoms with Crippen molar-refractivity contribution in [1.82, 2.24) is 0 Å². The number of aliphatic imine (C=N–C) groups is 1. The summed E-state index contributed by atoms with van der Waals surface area (Å²) in [7, 11) is 0. The third-order valence-corrected chi connectivity index (χ3v) is 5.00. The van der Waals surface area contributed by atoms with E-state index >= 15 is 0 Å². The van der Waals surface area contributed by atoms with E-state index in [-0.39, 0.29) is 24.0 Å². The Labute approximate surface area is 167 Å². The van der Waals surface area contributed by atoms with Crippen LogP contribution in [0.3, 0.4) is 0 Å². The Morgan fingerprint density at radius 2 is 1.88 bits per heavy atom. The molecular formula is C19H30IN3O2. The molecule has 0 unspecified atom stereocenters. The van der Waals surface area contributed by atoms with E-state index in [2.05, 4.69) is 24.2 Å². The quantitative estimate of drug-likeness (QED) is 0.399. The lowest BCUT2D eigenvalue weighted by Gasteiger charge is -2.33. The highest BCUT2D eigenvalue weighted by Gasteiger charge is 2.26. The molecule has 0 amide bonds. The number of halogens is 1. The van der Waals surface area contributed by atoms with Crippen LogP contribution >= 0.6 is 24.0 Å². The van der Waals surface area contributed by atoms with Crippen LogP contribution in [-0.4, -0.2) is 25.7 Å². The van der Waals surface area contributed by atoms with Crippen molar-refractivity contribution < 1.29 is 9.47 Å². The van der Waals surface area contributed by atoms with Crippen LogP contribution < -0.4 is 20.5 Å². The van der Waals surface area contributed by atoms with Gasteiger partial charge in [0.05, 0.1) is 13.2 Å². The Bertz CT molecular complexity index is 594. The van der Waals surface area contributed by atoms with Crippen molar-refractivity contribution in [1.29, 1.82) is 0 Å². The summed E-state index contributed by atoms with van der Waals surface area (Å²) in [4.78, 5) is 4.53. The summed E-state index contributed by atoms with van der Waals surface area (Å²) < 4.78 is 11.3. The maximum atomic E-state index is 6.05. The zero-order chi connectivity index (χ0) is 17.0. The Morgan fingerprint density at radius 1 is 1.20 bits per heavy atom. The van der Waals surface area contributed by atoms with Crippen LogP contribution in [-0.2, 0) is 0 Å². The number of nitrogens with two attached hydrogens (primary N) is 1. The number of benzene rings is 1. The fraction of sp³-hybridized carbons (Fsp3) is 0.632. The van der Waals surface area contributed by atoms with Gasteiger partial charge in [0.2, 0.25) is 0 Å². The van der Waals surface area contributed by atoms with Crippen LogP contribution in [0.5, 0.6) is 11.5 Å². The topological polar surface area (TPSA) is 68.9 Å². The molecule has 5 nitrogen and oxygen atoms in total. The van der Waals surface area contributed by atoms with Crippen LogP contribution in [0, 0.1) is 11.3 Å². The number of rotatable bonds is 3. The zero-order valence-electron chi connectivity index (χ0n) is 15.2. The SMILES string of the molecule is CC1(C)CCC(CN=C(N)Nc2ccc3c(c2)OCCCO3)CC1.I. The fourth-order valence-corrected chi connectivity index (χ4v) is 3.30. The van der Waals surface area contributed by atoms with E-state index in [9.17, 15) is 0 Å². The minimum atomic E-state index is 0. The van der Waals surface area contributed by atoms with Crippen LogP contribution in [0.1, 0.15) is 46.0 Å². The molecule has 6 heteroatoms. The number of anilines is 1. The van der Waals surface area contributed by atoms with Gasteiger partial charge in [0, 0.05) is 24.7 Å². The predicted molar refractivity (Wildman–Crippen MR) is 113 cm³/mol. The molecule has 0 bridgehead atoms. The molecule has 0 spiro atoms. The summed E-state index contributed by atoms with van der Waals surface area (Å²) in [6.07, 6.45) is 5.95. The molecule has 0 saturated heterocycles. The average Bonchev–Trinajstić information content (AvgIpc) is 2.79. The maximum Gasteiger partial charge on any atom is 0.193 e. The van der Waals surface area contributed by atoms with Crippen molar-refractivity contribution in [3.05, 3.63) is 18.2 Å². The second kappa shape index (κ2) is 8.96. The van der Waals surface area contributed by atoms with E-state index in [1.54, 1.807) is 0 Å². The van der Waals surface area contributed by atoms with E-state index < -0.39 is 0 Å². The first kappa shape index (κ1) is 20.1. The van der Waals surface area contributed by atoms with Crippen molar-refractivity contribution in [2.75, 3.05) is 25.1 Å². The molecule has 0 atom stereocenters. The third-order valence-electron chi connectivity index (χ3n) is 5.00. The molecule has 1 aliphatic heterocycles. The van der Waals surface area contributed by atoms with E-state index in [0.29, 0.717) is 30.5 Å². The standard InChI is InChI=1S/C19H29N3O2.HI/c1-19(2)8-6-14(7-9-19)13-21-18(20)22-15-4-5-16-17(12-15)24-11-3-10-23-16;/h4-5,12,14H,3,6-11,13H2,1-2H3,(H3,20,21,22);1H. The van der Waals surface area contributed by atoms with Crippen LogP contribution in [0.4, 0.5) is 5.69 Å². The molecule has 0 radical (unpaired) electrons. The summed E-state index contributed by atoms with van der Waals surface area (Å²) in [5.74, 6) is 2.68. The third kappa shape index (κ3) is 5.94. The molecule has 1 aromatic carbocycles. The van der Waals surface area contributed by atoms with Gasteiger partial charge in [0.15, 0.2) is 17.5 Å². The summed E-state index contributed by atoms with van der Waals surface area (Å²) in [6, 6.07) is 5.78. The average molecular weight is 459 g/mol. The highest BCUT2D eigenvalue weighted by molar-refractivity contribution is 14.0. The van der Waals surface area contributed by atoms with Crippen molar-refractivity contribution in [2.24, 2.45) is 22.1 Å². The first-order valence-corrected chi connectivity index (χ1v) is 8.98. The smallest absolute Gasteiger partial charge is 0.193 e. The van der Waals surface area contributed by atoms with E-state index in [1.807, 2.05) is 18.2 Å². The first-order valence-electron chi connectivity index (χ1n) is 8.98. The van der Waals surface area contributed by atoms with Gasteiger partial charge in [0.1, 0.15) is 0 Å². The normalized spacial score (nSPS) is 20.3. The van der Waals surface area contributed by atoms with Gasteiger partial charge in [-0.15, -0.1) is 24.0 Å². The molecule has 25 heavy (non-hydrogen) atoms. The number of hydrogen-bond acceptors (Lipinski definition) is 3. The molecule has 0 aromatic heterocycles. The first-order chi connectivity index (χ1) is 11.5. The van der Waals surface area contributed by atoms with E-state index in [0.717, 1.165) is 30.2 Å². The molecule has 3 rings (SSSR count). The van der Waals surface area contributed by atoms with Gasteiger partial charge in [-0.05, 0) is 49.1 Å². The molecule has 1 aliphatic carbocycles. The predicted octanol–water partition coefficient (Wildman–Crippen LogP) is 4.41. The molecule has 1 fully saturated rings. The minimum Gasteiger partial charge on any atom is -0.490 e. The second-order valence-corrected chi connectivity index (χ2v) is 7.67. The van der Waals surface area contributed by atoms with Gasteiger partial charge in [-0.2, -0.15) is 0 Å². The largest absolute Gasteiger partial charge is 0.490 e. The molecule has 1 saturated carbocycles. The zero-order valence-corrected chi connectivity index (χ0v) is 17.5. The monoisotopic (exact) mass is 459 g/mol. The van der Waals surface area contributed by atoms with Gasteiger partial charge in [-0.1, -0.05) is 13.8 Å². The van der Waals surface area contributed by atoms with Crippen LogP contribution in [0.15, 0.2) is 23.2 Å². The lowest BCUT2D eigenvalue weighted by molar-refractivity contribution is 0.195. The van der Waals surface area contributed by atoms with Crippen LogP contribution in [0.2, 0.25) is 0 Å². The highest BCUT2D eigenvalue weighted by atomic mass is 127. The molecule has 140 valence electrons. The molecule has 2 aliphatic rings. The van der Waals surface area contributed by atoms with Gasteiger partial charge < -0.3 is 20.5 Å². The van der Waals surface area contributed by atoms with Gasteiger partial charge >= 0.3 is 0 Å². The summed E-state index contributed by atoms with van der Waals surface area (Å²) in [6.45, 7) is 6.89. The van der Waals surface area contributed by atoms with Crippen molar-refractivity contribution in [2.45, 2.75) is 46.0 Å². The number of nitrogens with zero attached hydrogens (tertiary/aromatic N) is 1. The van der Waals surface area contributed by atoms with Gasteiger partial charge in [-0.25, -0.2) is 0 Å². The second-order valence-electron chi connectivity index (χ2n) is 7.67. The Balaban J connectivity index is 0.00000225. The van der Waals surface area contributed by atoms with Crippen molar-refractivity contribution in [3.63, 3.8) is 0 Å². The number of hydrogen-bond donors (Lipinski definition) is 2. The van der Waals surface area contributed by atoms with Crippen LogP contribution in [0.25, 0.3) is 0 Å². The summed E-state index contributed by atoms with van der Waals surface area (Å²) >= 11 is 0. The molecular weight excluding hydrogens is 429 g/mol. The Morgan fingerprint density at radius 3 is 2.60 bits per heavy atom. The van der Waals surface area contributed by atoms with E-state index in [1.165, 1.54) is 25.7 Å². The summed E-state index contributed by atoms with van der Waals surface area (Å²) in [5, 5.41) is 3.16. The Kier molecular flexibility index (Phi) is 7.22. The number of guanidine groups is 1. The number of nitrogens with one attached hydrogen (secondary N) is 1.